The number of aromatic amines is 4. The number of ketones is 1. The Hall–Kier alpha value is -16.2. The first-order chi connectivity index (χ1) is 69.0. The molecule has 0 spiro atoms. The van der Waals surface area contributed by atoms with Crippen molar-refractivity contribution >= 4 is 145 Å². The Kier molecular flexibility index (Phi) is 28.6. The van der Waals surface area contributed by atoms with Crippen molar-refractivity contribution in [2.45, 2.75) is 151 Å². The highest BCUT2D eigenvalue weighted by Gasteiger charge is 2.35. The molecule has 4 amide bonds. The van der Waals surface area contributed by atoms with Crippen LogP contribution in [0.2, 0.25) is 0 Å². The van der Waals surface area contributed by atoms with Gasteiger partial charge in [0.25, 0.3) is 51.7 Å². The number of nitrogens with one attached hydrogen (secondary N) is 4. The van der Waals surface area contributed by atoms with Crippen LogP contribution in [0.4, 0.5) is 5.82 Å². The van der Waals surface area contributed by atoms with Crippen LogP contribution in [0.5, 0.6) is 0 Å². The zero-order valence-electron chi connectivity index (χ0n) is 78.6. The van der Waals surface area contributed by atoms with Crippen molar-refractivity contribution in [3.8, 4) is 45.0 Å². The van der Waals surface area contributed by atoms with Gasteiger partial charge in [0.2, 0.25) is 0 Å². The first-order valence-corrected chi connectivity index (χ1v) is 49.2. The molecule has 20 heterocycles. The van der Waals surface area contributed by atoms with E-state index in [1.165, 1.54) is 76.2 Å². The molecule has 144 heavy (non-hydrogen) atoms. The Morgan fingerprint density at radius 3 is 0.889 bits per heavy atom. The third-order valence-corrected chi connectivity index (χ3v) is 27.5. The van der Waals surface area contributed by atoms with Crippen LogP contribution in [0.1, 0.15) is 116 Å². The van der Waals surface area contributed by atoms with Crippen LogP contribution in [0.15, 0.2) is 195 Å². The van der Waals surface area contributed by atoms with Gasteiger partial charge in [-0.15, -0.1) is 16.7 Å². The average Bonchev–Trinajstić information content (AvgIpc) is 0.752. The number of H-pyrrole nitrogens is 4. The van der Waals surface area contributed by atoms with Crippen LogP contribution < -0.4 is 45.0 Å². The lowest BCUT2D eigenvalue weighted by atomic mass is 10.0. The number of likely N-dealkylation sites (tertiary alicyclic amines) is 4. The van der Waals surface area contributed by atoms with E-state index in [4.69, 9.17) is 26.5 Å². The van der Waals surface area contributed by atoms with E-state index in [1.807, 2.05) is 36.6 Å². The second-order valence-electron chi connectivity index (χ2n) is 35.5. The molecule has 0 radical (unpaired) electrons. The summed E-state index contributed by atoms with van der Waals surface area (Å²) in [6.07, 6.45) is 14.8. The fourth-order valence-electron chi connectivity index (χ4n) is 18.6. The number of fused-ring (bicyclic) bond motifs is 12. The van der Waals surface area contributed by atoms with Crippen molar-refractivity contribution in [3.63, 3.8) is 0 Å². The maximum atomic E-state index is 13.1. The molecule has 0 bridgehead atoms. The second kappa shape index (κ2) is 41.5. The molecular formula is C98H95N25O19S2. The number of hydrogen-bond donors (Lipinski definition) is 8. The lowest BCUT2D eigenvalue weighted by Crippen LogP contribution is -2.45. The average molecular weight is 1990 g/mol. The van der Waals surface area contributed by atoms with Crippen LogP contribution in [0, 0.1) is 6.57 Å². The van der Waals surface area contributed by atoms with Gasteiger partial charge >= 0.3 is 22.8 Å². The van der Waals surface area contributed by atoms with E-state index in [2.05, 4.69) is 64.7 Å². The summed E-state index contributed by atoms with van der Waals surface area (Å²) in [6, 6.07) is 26.8. The number of nitrogens with zero attached hydrogens (tertiary/aromatic N) is 21. The SMILES string of the molecule is CC(=O)Cc1ccc(-c2ccc3ncc4c(=O)[nH]c(=O)n(C5CCN(C(=O)[C@@H](C)O)CC5)c4c3n2)cn1.CSc1ccc(-c2ccc3ncc4c(=O)[nH]c(=O)n(C5CCN(C(=O)[C@@H](C)O)CC5)c4c3n2)cn1.C[C@@H](O)C(=O)N1CCC(n2c(=O)[nH]c(=O)c3cnc4ccc(-c5ccc(S(C)(=O)=O)nc5)nc4c32)CC1.[C-]#[N+]c1ccc(-c2ccc3ncc4c(=O)[nH]c(=O)n(C5CCN(C(=O)[C@@H](C)O)CC5)c4c3n2)cn1. The van der Waals surface area contributed by atoms with E-state index in [1.54, 1.807) is 124 Å². The predicted molar refractivity (Wildman–Crippen MR) is 532 cm³/mol. The van der Waals surface area contributed by atoms with Crippen molar-refractivity contribution in [2.75, 3.05) is 64.9 Å². The molecule has 20 rings (SSSR count). The molecule has 16 aromatic rings. The standard InChI is InChI=1S/C26H26N6O5.C24H21N7O4.C24H24N6O6S.C24H24N6O4S/c1-14(33)11-17-4-3-16(12-27-17)20-5-6-21-22(29-20)23-19(13-28-21)24(35)30-26(37)32(23)18-7-9-31(10-8-18)25(36)15(2)34;1-13(32)23(34)30-9-7-15(8-10-30)31-21-16(22(33)29-24(31)35)12-26-18-5-4-17(28-20(18)21)14-3-6-19(25-2)27-11-14;1-13(31)23(33)29-9-7-15(8-10-29)30-21-16(22(32)28-24(30)34)12-25-18-5-4-17(27-20(18)21)14-3-6-19(26-11-14)37(2,35)36;1-13(31)23(33)29-9-7-15(8-10-29)30-21-16(22(32)28-24(30)34)12-25-18-5-4-17(27-20(18)21)14-3-6-19(35-2)26-11-14/h3-6,12-13,15,18,34H,7-11H2,1-2H3,(H,30,35,37);3-6,11-13,15,32H,7-10H2,1H3,(H,29,33,35);3-6,11-13,15,31H,7-10H2,1-2H3,(H,28,32,34);3-6,11-13,15,31H,7-10H2,1-2H3,(H,28,32,34)/t15-;3*13-/m1111/s1. The molecular weight excluding hydrogens is 1900 g/mol. The summed E-state index contributed by atoms with van der Waals surface area (Å²) in [5, 5.41) is 40.3. The summed E-state index contributed by atoms with van der Waals surface area (Å²) in [6.45, 7) is 17.3. The third-order valence-electron chi connectivity index (χ3n) is 25.8. The fourth-order valence-corrected chi connectivity index (χ4v) is 19.5. The summed E-state index contributed by atoms with van der Waals surface area (Å²) >= 11 is 1.55. The maximum Gasteiger partial charge on any atom is 0.329 e. The molecule has 4 fully saturated rings. The summed E-state index contributed by atoms with van der Waals surface area (Å²) in [5.41, 5.74) is 6.52. The highest BCUT2D eigenvalue weighted by molar-refractivity contribution is 7.98. The van der Waals surface area contributed by atoms with Gasteiger partial charge < -0.3 is 44.9 Å². The summed E-state index contributed by atoms with van der Waals surface area (Å²) in [7, 11) is -3.46. The van der Waals surface area contributed by atoms with Gasteiger partial charge in [-0.25, -0.2) is 57.5 Å². The molecule has 44 nitrogen and oxygen atoms in total. The minimum Gasteiger partial charge on any atom is -0.384 e. The minimum absolute atomic E-state index is 0.0193. The Morgan fingerprint density at radius 2 is 0.660 bits per heavy atom. The molecule has 4 atom stereocenters. The fraction of sp³-hybridized carbons (Fsp3) is 0.327. The molecule has 46 heteroatoms. The van der Waals surface area contributed by atoms with E-state index in [9.17, 15) is 91.2 Å². The Bertz CT molecular complexity index is 8510. The quantitative estimate of drug-likeness (QED) is 0.0323. The Balaban J connectivity index is 0.000000132. The van der Waals surface area contributed by atoms with E-state index < -0.39 is 79.2 Å². The van der Waals surface area contributed by atoms with Crippen molar-refractivity contribution in [3.05, 3.63) is 247 Å². The second-order valence-corrected chi connectivity index (χ2v) is 38.3. The van der Waals surface area contributed by atoms with Crippen LogP contribution in [-0.4, -0.2) is 265 Å². The third kappa shape index (κ3) is 20.4. The number of aliphatic hydroxyl groups is 4. The van der Waals surface area contributed by atoms with Crippen molar-refractivity contribution in [1.29, 1.82) is 0 Å². The minimum atomic E-state index is -3.46. The number of aliphatic hydroxyl groups excluding tert-OH is 4. The zero-order valence-corrected chi connectivity index (χ0v) is 80.2. The smallest absolute Gasteiger partial charge is 0.329 e. The first kappa shape index (κ1) is 99.3. The maximum absolute atomic E-state index is 13.1. The van der Waals surface area contributed by atoms with Crippen molar-refractivity contribution in [2.24, 2.45) is 0 Å². The lowest BCUT2D eigenvalue weighted by molar-refractivity contribution is -0.141. The lowest BCUT2D eigenvalue weighted by Gasteiger charge is -2.34. The molecule has 0 saturated carbocycles. The van der Waals surface area contributed by atoms with Crippen LogP contribution in [0.3, 0.4) is 0 Å². The summed E-state index contributed by atoms with van der Waals surface area (Å²) in [4.78, 5) is 236. The van der Waals surface area contributed by atoms with Gasteiger partial charge in [-0.2, -0.15) is 0 Å². The topological polar surface area (TPSA) is 592 Å². The summed E-state index contributed by atoms with van der Waals surface area (Å²) < 4.78 is 29.7. The number of amides is 4. The summed E-state index contributed by atoms with van der Waals surface area (Å²) in [5.74, 6) is -1.10. The molecule has 4 saturated heterocycles. The number of pyridine rings is 12. The van der Waals surface area contributed by atoms with Crippen LogP contribution in [-0.2, 0) is 40.2 Å². The van der Waals surface area contributed by atoms with Gasteiger partial charge in [0, 0.05) is 161 Å². The monoisotopic (exact) mass is 1990 g/mol. The molecule has 4 aliphatic heterocycles. The normalized spacial score (nSPS) is 15.5. The van der Waals surface area contributed by atoms with Crippen LogP contribution in [0.25, 0.3) is 138 Å². The Labute approximate surface area is 818 Å². The number of thioether (sulfide) groups is 1. The van der Waals surface area contributed by atoms with E-state index >= 15 is 0 Å². The van der Waals surface area contributed by atoms with Crippen molar-refractivity contribution in [1.82, 2.24) is 118 Å². The number of carbonyl (C=O) groups excluding carboxylic acids is 5. The Morgan fingerprint density at radius 1 is 0.382 bits per heavy atom. The predicted octanol–water partition coefficient (Wildman–Crippen LogP) is 5.76. The first-order valence-electron chi connectivity index (χ1n) is 46.1. The van der Waals surface area contributed by atoms with E-state index in [0.29, 0.717) is 210 Å². The number of hydrogen-bond acceptors (Lipinski definition) is 32. The number of aromatic nitrogens is 20. The highest BCUT2D eigenvalue weighted by atomic mass is 32.2. The highest BCUT2D eigenvalue weighted by Crippen LogP contribution is 2.37. The van der Waals surface area contributed by atoms with Crippen LogP contribution >= 0.6 is 11.8 Å². The van der Waals surface area contributed by atoms with Gasteiger partial charge in [-0.3, -0.25) is 106 Å². The van der Waals surface area contributed by atoms with Crippen molar-refractivity contribution < 1.29 is 52.8 Å². The number of Topliss-reactive ketones (excluding diaryl/α,β-unsaturated/α-hetero) is 1. The number of sulfone groups is 1. The molecule has 8 N–H and O–H groups in total. The van der Waals surface area contributed by atoms with Gasteiger partial charge in [0.05, 0.1) is 93.5 Å². The van der Waals surface area contributed by atoms with Gasteiger partial charge in [0.15, 0.2) is 14.9 Å². The molecule has 0 aromatic carbocycles. The van der Waals surface area contributed by atoms with E-state index in [-0.39, 0.29) is 92.4 Å². The largest absolute Gasteiger partial charge is 0.384 e. The van der Waals surface area contributed by atoms with Gasteiger partial charge in [0.1, 0.15) is 58.5 Å². The molecule has 16 aromatic heterocycles. The van der Waals surface area contributed by atoms with E-state index in [0.717, 1.165) is 22.4 Å². The van der Waals surface area contributed by atoms with Gasteiger partial charge in [-0.1, -0.05) is 12.6 Å². The zero-order chi connectivity index (χ0) is 102. The molecule has 4 aliphatic rings. The molecule has 0 aliphatic carbocycles. The number of carbonyl (C=O) groups is 5. The number of piperidine rings is 4. The van der Waals surface area contributed by atoms with Gasteiger partial charge in [-0.05, 0) is 183 Å². The molecule has 738 valence electrons. The molecule has 0 unspecified atom stereocenters. The number of rotatable bonds is 16.